The fraction of sp³-hybridized carbons (Fsp3) is 0.846. The number of hydrogen-bond acceptors (Lipinski definition) is 2. The molecule has 3 N–H and O–H groups in total. The van der Waals surface area contributed by atoms with Crippen LogP contribution in [0, 0.1) is 5.41 Å². The third-order valence-electron chi connectivity index (χ3n) is 2.51. The third-order valence-corrected chi connectivity index (χ3v) is 2.51. The van der Waals surface area contributed by atoms with Gasteiger partial charge in [-0.3, -0.25) is 4.79 Å². The van der Waals surface area contributed by atoms with Gasteiger partial charge in [-0.15, -0.1) is 0 Å². The highest BCUT2D eigenvalue weighted by molar-refractivity contribution is 5.73. The molecule has 18 heavy (non-hydrogen) atoms. The van der Waals surface area contributed by atoms with Gasteiger partial charge in [-0.1, -0.05) is 27.2 Å². The predicted octanol–water partition coefficient (Wildman–Crippen LogP) is 2.37. The molecule has 0 heterocycles. The SMILES string of the molecule is CC(C)(C)CCNC(=O)NCCCCCC(=O)O. The van der Waals surface area contributed by atoms with Crippen LogP contribution < -0.4 is 10.6 Å². The van der Waals surface area contributed by atoms with Crippen LogP contribution in [0.25, 0.3) is 0 Å². The molecular formula is C13H26N2O3. The second-order valence-electron chi connectivity index (χ2n) is 5.70. The lowest BCUT2D eigenvalue weighted by Crippen LogP contribution is -2.37. The van der Waals surface area contributed by atoms with Crippen molar-refractivity contribution in [2.45, 2.75) is 52.9 Å². The maximum atomic E-state index is 11.4. The summed E-state index contributed by atoms with van der Waals surface area (Å²) in [4.78, 5) is 21.6. The fourth-order valence-electron chi connectivity index (χ4n) is 1.39. The van der Waals surface area contributed by atoms with Crippen LogP contribution in [-0.2, 0) is 4.79 Å². The van der Waals surface area contributed by atoms with Gasteiger partial charge >= 0.3 is 12.0 Å². The lowest BCUT2D eigenvalue weighted by Gasteiger charge is -2.18. The Labute approximate surface area is 109 Å². The van der Waals surface area contributed by atoms with Crippen molar-refractivity contribution in [2.24, 2.45) is 5.41 Å². The molecule has 0 aromatic rings. The number of carboxylic acid groups (broad SMARTS) is 1. The monoisotopic (exact) mass is 258 g/mol. The highest BCUT2D eigenvalue weighted by atomic mass is 16.4. The number of amides is 2. The van der Waals surface area contributed by atoms with Crippen LogP contribution in [0.5, 0.6) is 0 Å². The largest absolute Gasteiger partial charge is 0.481 e. The van der Waals surface area contributed by atoms with Gasteiger partial charge in [0.1, 0.15) is 0 Å². The Kier molecular flexibility index (Phi) is 8.16. The van der Waals surface area contributed by atoms with Crippen molar-refractivity contribution in [2.75, 3.05) is 13.1 Å². The molecule has 0 saturated heterocycles. The van der Waals surface area contributed by atoms with Gasteiger partial charge in [-0.05, 0) is 24.7 Å². The van der Waals surface area contributed by atoms with Gasteiger partial charge < -0.3 is 15.7 Å². The van der Waals surface area contributed by atoms with Gasteiger partial charge in [0.05, 0.1) is 0 Å². The van der Waals surface area contributed by atoms with Crippen LogP contribution in [0.1, 0.15) is 52.9 Å². The zero-order chi connectivity index (χ0) is 14.0. The molecule has 0 atom stereocenters. The Bertz CT molecular complexity index is 259. The maximum absolute atomic E-state index is 11.4. The van der Waals surface area contributed by atoms with E-state index in [2.05, 4.69) is 31.4 Å². The van der Waals surface area contributed by atoms with E-state index in [1.54, 1.807) is 0 Å². The van der Waals surface area contributed by atoms with Crippen LogP contribution in [0.2, 0.25) is 0 Å². The minimum Gasteiger partial charge on any atom is -0.481 e. The van der Waals surface area contributed by atoms with Gasteiger partial charge in [0.15, 0.2) is 0 Å². The van der Waals surface area contributed by atoms with E-state index in [0.717, 1.165) is 19.3 Å². The van der Waals surface area contributed by atoms with Gasteiger partial charge in [-0.2, -0.15) is 0 Å². The number of carbonyl (C=O) groups excluding carboxylic acids is 1. The number of carboxylic acids is 1. The van der Waals surface area contributed by atoms with E-state index in [-0.39, 0.29) is 17.9 Å². The first-order chi connectivity index (χ1) is 8.31. The number of hydrogen-bond donors (Lipinski definition) is 3. The molecule has 0 bridgehead atoms. The average Bonchev–Trinajstić information content (AvgIpc) is 2.20. The molecule has 2 amide bonds. The molecule has 0 spiro atoms. The van der Waals surface area contributed by atoms with Crippen molar-refractivity contribution in [3.63, 3.8) is 0 Å². The second kappa shape index (κ2) is 8.78. The van der Waals surface area contributed by atoms with E-state index >= 15 is 0 Å². The molecule has 0 rings (SSSR count). The van der Waals surface area contributed by atoms with Crippen LogP contribution in [0.15, 0.2) is 0 Å². The van der Waals surface area contributed by atoms with Gasteiger partial charge in [-0.25, -0.2) is 4.79 Å². The Morgan fingerprint density at radius 3 is 2.17 bits per heavy atom. The summed E-state index contributed by atoms with van der Waals surface area (Å²) in [5.41, 5.74) is 0.226. The maximum Gasteiger partial charge on any atom is 0.314 e. The van der Waals surface area contributed by atoms with Crippen LogP contribution >= 0.6 is 0 Å². The van der Waals surface area contributed by atoms with E-state index in [0.29, 0.717) is 19.5 Å². The molecule has 106 valence electrons. The molecular weight excluding hydrogens is 232 g/mol. The molecule has 0 aliphatic heterocycles. The van der Waals surface area contributed by atoms with Crippen LogP contribution in [-0.4, -0.2) is 30.2 Å². The number of carbonyl (C=O) groups is 2. The molecule has 0 radical (unpaired) electrons. The fourth-order valence-corrected chi connectivity index (χ4v) is 1.39. The Morgan fingerprint density at radius 1 is 1.00 bits per heavy atom. The second-order valence-corrected chi connectivity index (χ2v) is 5.70. The average molecular weight is 258 g/mol. The first-order valence-corrected chi connectivity index (χ1v) is 6.55. The molecule has 0 aromatic carbocycles. The third kappa shape index (κ3) is 12.8. The first-order valence-electron chi connectivity index (χ1n) is 6.55. The summed E-state index contributed by atoms with van der Waals surface area (Å²) in [7, 11) is 0. The number of aliphatic carboxylic acids is 1. The number of unbranched alkanes of at least 4 members (excludes halogenated alkanes) is 2. The van der Waals surface area contributed by atoms with Crippen molar-refractivity contribution in [3.05, 3.63) is 0 Å². The van der Waals surface area contributed by atoms with Crippen molar-refractivity contribution in [3.8, 4) is 0 Å². The first kappa shape index (κ1) is 16.7. The number of nitrogens with one attached hydrogen (secondary N) is 2. The summed E-state index contributed by atoms with van der Waals surface area (Å²) in [5, 5.41) is 14.0. The van der Waals surface area contributed by atoms with E-state index in [4.69, 9.17) is 5.11 Å². The quantitative estimate of drug-likeness (QED) is 0.585. The van der Waals surface area contributed by atoms with Crippen molar-refractivity contribution < 1.29 is 14.7 Å². The minimum absolute atomic E-state index is 0.141. The van der Waals surface area contributed by atoms with E-state index in [1.807, 2.05) is 0 Å². The highest BCUT2D eigenvalue weighted by Gasteiger charge is 2.09. The molecule has 0 aliphatic rings. The Hall–Kier alpha value is -1.26. The van der Waals surface area contributed by atoms with Crippen molar-refractivity contribution in [1.82, 2.24) is 10.6 Å². The van der Waals surface area contributed by atoms with E-state index < -0.39 is 5.97 Å². The number of urea groups is 1. The summed E-state index contributed by atoms with van der Waals surface area (Å²) in [6.45, 7) is 7.68. The predicted molar refractivity (Wildman–Crippen MR) is 71.6 cm³/mol. The lowest BCUT2D eigenvalue weighted by atomic mass is 9.92. The lowest BCUT2D eigenvalue weighted by molar-refractivity contribution is -0.137. The Balaban J connectivity index is 3.35. The zero-order valence-electron chi connectivity index (χ0n) is 11.7. The van der Waals surface area contributed by atoms with Gasteiger partial charge in [0, 0.05) is 19.5 Å². The van der Waals surface area contributed by atoms with Crippen LogP contribution in [0.3, 0.4) is 0 Å². The Morgan fingerprint density at radius 2 is 1.61 bits per heavy atom. The normalized spacial score (nSPS) is 11.1. The summed E-state index contributed by atoms with van der Waals surface area (Å²) in [6.07, 6.45) is 3.47. The molecule has 5 heteroatoms. The van der Waals surface area contributed by atoms with E-state index in [1.165, 1.54) is 0 Å². The molecule has 0 saturated carbocycles. The van der Waals surface area contributed by atoms with E-state index in [9.17, 15) is 9.59 Å². The summed E-state index contributed by atoms with van der Waals surface area (Å²) >= 11 is 0. The molecule has 5 nitrogen and oxygen atoms in total. The minimum atomic E-state index is -0.761. The summed E-state index contributed by atoms with van der Waals surface area (Å²) in [5.74, 6) is -0.761. The number of rotatable bonds is 8. The van der Waals surface area contributed by atoms with Crippen molar-refractivity contribution in [1.29, 1.82) is 0 Å². The summed E-state index contributed by atoms with van der Waals surface area (Å²) in [6, 6.07) is -0.141. The van der Waals surface area contributed by atoms with Crippen LogP contribution in [0.4, 0.5) is 4.79 Å². The molecule has 0 unspecified atom stereocenters. The molecule has 0 aliphatic carbocycles. The molecule has 0 fully saturated rings. The van der Waals surface area contributed by atoms with Gasteiger partial charge in [0.2, 0.25) is 0 Å². The zero-order valence-corrected chi connectivity index (χ0v) is 11.7. The van der Waals surface area contributed by atoms with Gasteiger partial charge in [0.25, 0.3) is 0 Å². The standard InChI is InChI=1S/C13H26N2O3/c1-13(2,3)8-10-15-12(18)14-9-6-4-5-7-11(16)17/h4-10H2,1-3H3,(H,16,17)(H2,14,15,18). The topological polar surface area (TPSA) is 78.4 Å². The summed E-state index contributed by atoms with van der Waals surface area (Å²) < 4.78 is 0. The highest BCUT2D eigenvalue weighted by Crippen LogP contribution is 2.16. The smallest absolute Gasteiger partial charge is 0.314 e. The molecule has 0 aromatic heterocycles. The van der Waals surface area contributed by atoms with Crippen molar-refractivity contribution >= 4 is 12.0 Å².